The molecular formula is C30H32Cl2N2O6. The van der Waals surface area contributed by atoms with Crippen LogP contribution in [0.15, 0.2) is 66.7 Å². The Labute approximate surface area is 243 Å². The van der Waals surface area contributed by atoms with Crippen LogP contribution >= 0.6 is 23.2 Å². The maximum absolute atomic E-state index is 13.6. The number of carbonyl (C=O) groups is 3. The van der Waals surface area contributed by atoms with E-state index in [0.29, 0.717) is 13.0 Å². The van der Waals surface area contributed by atoms with E-state index in [4.69, 9.17) is 43.1 Å². The van der Waals surface area contributed by atoms with Crippen LogP contribution in [0.25, 0.3) is 0 Å². The number of unbranched alkanes of at least 4 members (excludes halogenated alkanes) is 1. The third-order valence-corrected chi connectivity index (χ3v) is 6.27. The molecule has 0 heterocycles. The average molecular weight is 588 g/mol. The molecule has 3 N–H and O–H groups in total. The van der Waals surface area contributed by atoms with Crippen molar-refractivity contribution < 1.29 is 28.6 Å². The van der Waals surface area contributed by atoms with Crippen molar-refractivity contribution in [1.82, 2.24) is 5.32 Å². The summed E-state index contributed by atoms with van der Waals surface area (Å²) in [5, 5.41) is 2.58. The number of esters is 2. The van der Waals surface area contributed by atoms with Gasteiger partial charge in [-0.3, -0.25) is 4.79 Å². The van der Waals surface area contributed by atoms with Gasteiger partial charge in [0.2, 0.25) is 0 Å². The normalized spacial score (nSPS) is 11.6. The number of nitrogens with one attached hydrogen (secondary N) is 1. The molecule has 0 fully saturated rings. The molecule has 1 atom stereocenters. The molecule has 10 heteroatoms. The number of ether oxygens (including phenoxy) is 3. The standard InChI is InChI=1S/C30H32Cl2N2O6/c1-19(2)39-30(37)24(17-20-11-5-3-6-12-20)34-28(35)22-18-23(31)27(38-16-10-9-15-33)25(32)26(22)40-29(36)21-13-7-4-8-14-21/h3-8,11-14,18-19,24H,9-10,15-17,33H2,1-2H3,(H,34,35). The number of rotatable bonds is 13. The molecule has 0 saturated heterocycles. The second kappa shape index (κ2) is 15.3. The van der Waals surface area contributed by atoms with Crippen molar-refractivity contribution in [1.29, 1.82) is 0 Å². The van der Waals surface area contributed by atoms with Crippen molar-refractivity contribution in [3.05, 3.63) is 93.5 Å². The van der Waals surface area contributed by atoms with Crippen molar-refractivity contribution in [2.75, 3.05) is 13.2 Å². The van der Waals surface area contributed by atoms with E-state index in [-0.39, 0.29) is 45.7 Å². The van der Waals surface area contributed by atoms with Gasteiger partial charge in [0.05, 0.1) is 28.9 Å². The van der Waals surface area contributed by atoms with Crippen molar-refractivity contribution >= 4 is 41.0 Å². The van der Waals surface area contributed by atoms with Crippen molar-refractivity contribution in [3.8, 4) is 11.5 Å². The molecule has 0 aliphatic heterocycles. The van der Waals surface area contributed by atoms with Crippen molar-refractivity contribution in [3.63, 3.8) is 0 Å². The first-order valence-corrected chi connectivity index (χ1v) is 13.6. The molecule has 3 aromatic rings. The summed E-state index contributed by atoms with van der Waals surface area (Å²) in [5.41, 5.74) is 6.45. The zero-order valence-electron chi connectivity index (χ0n) is 22.3. The molecule has 1 amide bonds. The number of amides is 1. The van der Waals surface area contributed by atoms with E-state index in [1.807, 2.05) is 30.3 Å². The van der Waals surface area contributed by atoms with Crippen LogP contribution in [0.3, 0.4) is 0 Å². The predicted molar refractivity (Wildman–Crippen MR) is 154 cm³/mol. The lowest BCUT2D eigenvalue weighted by molar-refractivity contribution is -0.149. The highest BCUT2D eigenvalue weighted by Crippen LogP contribution is 2.43. The van der Waals surface area contributed by atoms with Gasteiger partial charge in [-0.15, -0.1) is 0 Å². The van der Waals surface area contributed by atoms with Gasteiger partial charge in [-0.05, 0) is 57.0 Å². The van der Waals surface area contributed by atoms with Crippen molar-refractivity contribution in [2.24, 2.45) is 5.73 Å². The SMILES string of the molecule is CC(C)OC(=O)C(Cc1ccccc1)NC(=O)c1cc(Cl)c(OCCCCN)c(Cl)c1OC(=O)c1ccccc1. The van der Waals surface area contributed by atoms with Crippen LogP contribution in [-0.4, -0.2) is 43.1 Å². The molecule has 3 aromatic carbocycles. The number of hydrogen-bond acceptors (Lipinski definition) is 7. The number of carbonyl (C=O) groups excluding carboxylic acids is 3. The van der Waals surface area contributed by atoms with E-state index in [1.165, 1.54) is 6.07 Å². The molecule has 0 aromatic heterocycles. The smallest absolute Gasteiger partial charge is 0.343 e. The highest BCUT2D eigenvalue weighted by molar-refractivity contribution is 6.39. The minimum absolute atomic E-state index is 0.0341. The van der Waals surface area contributed by atoms with Gasteiger partial charge >= 0.3 is 11.9 Å². The first-order valence-electron chi connectivity index (χ1n) is 12.9. The Hall–Kier alpha value is -3.59. The topological polar surface area (TPSA) is 117 Å². The highest BCUT2D eigenvalue weighted by atomic mass is 35.5. The summed E-state index contributed by atoms with van der Waals surface area (Å²) < 4.78 is 16.8. The minimum atomic E-state index is -1.04. The van der Waals surface area contributed by atoms with Crippen LogP contribution < -0.4 is 20.5 Å². The Kier molecular flexibility index (Phi) is 11.8. The monoisotopic (exact) mass is 586 g/mol. The lowest BCUT2D eigenvalue weighted by atomic mass is 10.0. The van der Waals surface area contributed by atoms with Gasteiger partial charge in [0.15, 0.2) is 11.5 Å². The Bertz CT molecular complexity index is 1300. The first-order chi connectivity index (χ1) is 19.2. The fraction of sp³-hybridized carbons (Fsp3) is 0.300. The van der Waals surface area contributed by atoms with Gasteiger partial charge in [-0.2, -0.15) is 0 Å². The van der Waals surface area contributed by atoms with E-state index >= 15 is 0 Å². The van der Waals surface area contributed by atoms with Gasteiger partial charge in [-0.25, -0.2) is 9.59 Å². The summed E-state index contributed by atoms with van der Waals surface area (Å²) in [5.74, 6) is -2.29. The molecule has 3 rings (SSSR count). The van der Waals surface area contributed by atoms with Crippen LogP contribution in [-0.2, 0) is 16.0 Å². The summed E-state index contributed by atoms with van der Waals surface area (Å²) in [4.78, 5) is 39.5. The van der Waals surface area contributed by atoms with Gasteiger partial charge in [0.25, 0.3) is 5.91 Å². The van der Waals surface area contributed by atoms with Gasteiger partial charge in [0, 0.05) is 6.42 Å². The van der Waals surface area contributed by atoms with Crippen LogP contribution in [0.4, 0.5) is 0 Å². The molecule has 0 aliphatic carbocycles. The molecule has 0 bridgehead atoms. The number of benzene rings is 3. The summed E-state index contributed by atoms with van der Waals surface area (Å²) >= 11 is 13.1. The third kappa shape index (κ3) is 8.71. The average Bonchev–Trinajstić information content (AvgIpc) is 2.94. The van der Waals surface area contributed by atoms with Crippen LogP contribution in [0.2, 0.25) is 10.0 Å². The zero-order valence-corrected chi connectivity index (χ0v) is 23.8. The third-order valence-electron chi connectivity index (χ3n) is 5.65. The Morgan fingerprint density at radius 3 is 2.20 bits per heavy atom. The van der Waals surface area contributed by atoms with Gasteiger partial charge in [0.1, 0.15) is 11.1 Å². The molecule has 1 unspecified atom stereocenters. The number of halogens is 2. The van der Waals surface area contributed by atoms with E-state index in [0.717, 1.165) is 12.0 Å². The maximum atomic E-state index is 13.6. The second-order valence-electron chi connectivity index (χ2n) is 9.18. The fourth-order valence-corrected chi connectivity index (χ4v) is 4.33. The summed E-state index contributed by atoms with van der Waals surface area (Å²) in [6.07, 6.45) is 1.13. The van der Waals surface area contributed by atoms with E-state index in [2.05, 4.69) is 5.32 Å². The number of hydrogen-bond donors (Lipinski definition) is 2. The molecule has 0 saturated carbocycles. The highest BCUT2D eigenvalue weighted by Gasteiger charge is 2.29. The van der Waals surface area contributed by atoms with E-state index in [1.54, 1.807) is 44.2 Å². The maximum Gasteiger partial charge on any atom is 0.343 e. The number of nitrogens with two attached hydrogens (primary N) is 1. The molecular weight excluding hydrogens is 555 g/mol. The van der Waals surface area contributed by atoms with E-state index < -0.39 is 30.0 Å². The largest absolute Gasteiger partial charge is 0.490 e. The zero-order chi connectivity index (χ0) is 29.1. The molecule has 8 nitrogen and oxygen atoms in total. The Morgan fingerprint density at radius 1 is 0.925 bits per heavy atom. The minimum Gasteiger partial charge on any atom is -0.490 e. The Morgan fingerprint density at radius 2 is 1.57 bits per heavy atom. The van der Waals surface area contributed by atoms with Crippen LogP contribution in [0.5, 0.6) is 11.5 Å². The summed E-state index contributed by atoms with van der Waals surface area (Å²) in [6.45, 7) is 4.18. The van der Waals surface area contributed by atoms with Gasteiger partial charge < -0.3 is 25.3 Å². The lowest BCUT2D eigenvalue weighted by Crippen LogP contribution is -2.44. The first kappa shape index (κ1) is 30.9. The molecule has 40 heavy (non-hydrogen) atoms. The van der Waals surface area contributed by atoms with Crippen LogP contribution in [0, 0.1) is 0 Å². The van der Waals surface area contributed by atoms with Gasteiger partial charge in [-0.1, -0.05) is 71.7 Å². The molecule has 0 aliphatic rings. The Balaban J connectivity index is 1.98. The second-order valence-corrected chi connectivity index (χ2v) is 9.96. The lowest BCUT2D eigenvalue weighted by Gasteiger charge is -2.21. The fourth-order valence-electron chi connectivity index (χ4n) is 3.72. The summed E-state index contributed by atoms with van der Waals surface area (Å²) in [7, 11) is 0. The predicted octanol–water partition coefficient (Wildman–Crippen LogP) is 5.62. The van der Waals surface area contributed by atoms with Crippen LogP contribution in [0.1, 0.15) is 53.0 Å². The molecule has 0 radical (unpaired) electrons. The quantitative estimate of drug-likeness (QED) is 0.151. The summed E-state index contributed by atoms with van der Waals surface area (Å²) in [6, 6.07) is 17.6. The molecule has 212 valence electrons. The van der Waals surface area contributed by atoms with Crippen molar-refractivity contribution in [2.45, 2.75) is 45.3 Å². The molecule has 0 spiro atoms. The van der Waals surface area contributed by atoms with E-state index in [9.17, 15) is 14.4 Å².